The molecule has 2 aromatic carbocycles. The van der Waals surface area contributed by atoms with Gasteiger partial charge in [0.15, 0.2) is 0 Å². The maximum absolute atomic E-state index is 12.6. The zero-order chi connectivity index (χ0) is 23.0. The number of benzene rings is 2. The van der Waals surface area contributed by atoms with Crippen LogP contribution < -0.4 is 5.56 Å². The Kier molecular flexibility index (Phi) is 5.58. The van der Waals surface area contributed by atoms with E-state index in [0.29, 0.717) is 26.9 Å². The lowest BCUT2D eigenvalue weighted by Crippen LogP contribution is -2.14. The first-order valence-corrected chi connectivity index (χ1v) is 10.3. The first-order valence-electron chi connectivity index (χ1n) is 9.84. The highest BCUT2D eigenvalue weighted by Gasteiger charge is 2.26. The number of hydrogen-bond donors (Lipinski definition) is 3. The Morgan fingerprint density at radius 2 is 2.00 bits per heavy atom. The number of hydrogen-bond acceptors (Lipinski definition) is 5. The van der Waals surface area contributed by atoms with Gasteiger partial charge in [-0.25, -0.2) is 4.79 Å². The molecule has 2 aromatic heterocycles. The Morgan fingerprint density at radius 1 is 1.22 bits per heavy atom. The van der Waals surface area contributed by atoms with Crippen LogP contribution in [-0.2, 0) is 13.0 Å². The Hall–Kier alpha value is -3.85. The molecular formula is C23H19N3O5S. The quantitative estimate of drug-likeness (QED) is 0.227. The van der Waals surface area contributed by atoms with Gasteiger partial charge in [0.1, 0.15) is 5.69 Å². The number of rotatable bonds is 6. The maximum atomic E-state index is 12.6. The minimum absolute atomic E-state index is 0.0366. The van der Waals surface area contributed by atoms with Gasteiger partial charge in [-0.15, -0.1) is 12.6 Å². The Balaban J connectivity index is 2.06. The number of nitrogens with zero attached hydrogens (tertiary/aromatic N) is 2. The maximum Gasteiger partial charge on any atom is 0.353 e. The van der Waals surface area contributed by atoms with Gasteiger partial charge in [-0.2, -0.15) is 0 Å². The number of carboxylic acids is 1. The fourth-order valence-corrected chi connectivity index (χ4v) is 4.09. The van der Waals surface area contributed by atoms with Gasteiger partial charge in [-0.3, -0.25) is 14.9 Å². The highest BCUT2D eigenvalue weighted by molar-refractivity contribution is 7.80. The molecule has 0 bridgehead atoms. The Bertz CT molecular complexity index is 1440. The van der Waals surface area contributed by atoms with Crippen LogP contribution in [0.2, 0.25) is 0 Å². The number of nitro benzene ring substituents is 1. The Morgan fingerprint density at radius 3 is 2.66 bits per heavy atom. The zero-order valence-electron chi connectivity index (χ0n) is 17.0. The van der Waals surface area contributed by atoms with Crippen molar-refractivity contribution >= 4 is 35.2 Å². The van der Waals surface area contributed by atoms with Gasteiger partial charge in [-0.1, -0.05) is 13.0 Å². The van der Waals surface area contributed by atoms with E-state index < -0.39 is 16.5 Å². The van der Waals surface area contributed by atoms with Crippen molar-refractivity contribution in [2.45, 2.75) is 24.8 Å². The number of carboxylic acid groups (broad SMARTS) is 1. The number of nitrogens with one attached hydrogen (secondary N) is 1. The summed E-state index contributed by atoms with van der Waals surface area (Å²) in [5, 5.41) is 22.0. The smallest absolute Gasteiger partial charge is 0.353 e. The number of aryl methyl sites for hydroxylation is 1. The second-order valence-electron chi connectivity index (χ2n) is 7.30. The lowest BCUT2D eigenvalue weighted by molar-refractivity contribution is -0.385. The van der Waals surface area contributed by atoms with E-state index in [4.69, 9.17) is 0 Å². The second-order valence-corrected chi connectivity index (χ2v) is 7.78. The van der Waals surface area contributed by atoms with Crippen molar-refractivity contribution in [2.75, 3.05) is 0 Å². The van der Waals surface area contributed by atoms with E-state index in [-0.39, 0.29) is 23.5 Å². The van der Waals surface area contributed by atoms with Gasteiger partial charge in [-0.05, 0) is 47.9 Å². The third-order valence-electron chi connectivity index (χ3n) is 5.43. The molecule has 0 saturated heterocycles. The standard InChI is InChI=1S/C23H19N3O5S/c1-2-13-5-7-18-17(10-13)20(16-4-3-9-24-22(16)27)21(23(28)29)25(18)12-14-11-15(26(30)31)6-8-19(14)32/h3-11,32H,2,12H2,1H3,(H,24,27)(H,28,29). The predicted molar refractivity (Wildman–Crippen MR) is 124 cm³/mol. The fourth-order valence-electron chi connectivity index (χ4n) is 3.88. The van der Waals surface area contributed by atoms with E-state index in [1.54, 1.807) is 16.7 Å². The molecule has 0 saturated carbocycles. The molecule has 0 aliphatic carbocycles. The van der Waals surface area contributed by atoms with Crippen LogP contribution >= 0.6 is 12.6 Å². The lowest BCUT2D eigenvalue weighted by Gasteiger charge is -2.11. The number of nitro groups is 1. The van der Waals surface area contributed by atoms with Crippen molar-refractivity contribution in [3.05, 3.63) is 92.0 Å². The van der Waals surface area contributed by atoms with Crippen molar-refractivity contribution in [3.8, 4) is 11.1 Å². The summed E-state index contributed by atoms with van der Waals surface area (Å²) in [5.74, 6) is -1.20. The van der Waals surface area contributed by atoms with Gasteiger partial charge >= 0.3 is 5.97 Å². The molecular weight excluding hydrogens is 430 g/mol. The van der Waals surface area contributed by atoms with E-state index in [9.17, 15) is 24.8 Å². The molecule has 9 heteroatoms. The van der Waals surface area contributed by atoms with Crippen LogP contribution in [0, 0.1) is 10.1 Å². The first-order chi connectivity index (χ1) is 15.3. The number of fused-ring (bicyclic) bond motifs is 1. The van der Waals surface area contributed by atoms with Gasteiger partial charge < -0.3 is 14.7 Å². The number of carbonyl (C=O) groups is 1. The average Bonchev–Trinajstić information content (AvgIpc) is 3.08. The summed E-state index contributed by atoms with van der Waals surface area (Å²) in [5.41, 5.74) is 2.07. The molecule has 0 radical (unpaired) electrons. The number of thiol groups is 1. The molecule has 0 fully saturated rings. The minimum atomic E-state index is -1.20. The fraction of sp³-hybridized carbons (Fsp3) is 0.130. The molecule has 0 aliphatic heterocycles. The zero-order valence-corrected chi connectivity index (χ0v) is 17.9. The van der Waals surface area contributed by atoms with Crippen LogP contribution in [-0.4, -0.2) is 25.6 Å². The van der Waals surface area contributed by atoms with Gasteiger partial charge in [0.2, 0.25) is 0 Å². The molecule has 162 valence electrons. The highest BCUT2D eigenvalue weighted by Crippen LogP contribution is 2.36. The topological polar surface area (TPSA) is 118 Å². The number of pyridine rings is 1. The number of aromatic nitrogens is 2. The number of aromatic carboxylic acids is 1. The molecule has 0 unspecified atom stereocenters. The van der Waals surface area contributed by atoms with Gasteiger partial charge in [0.25, 0.3) is 11.2 Å². The summed E-state index contributed by atoms with van der Waals surface area (Å²) >= 11 is 4.41. The summed E-state index contributed by atoms with van der Waals surface area (Å²) in [7, 11) is 0. The van der Waals surface area contributed by atoms with Crippen molar-refractivity contribution in [1.82, 2.24) is 9.55 Å². The van der Waals surface area contributed by atoms with Crippen molar-refractivity contribution < 1.29 is 14.8 Å². The van der Waals surface area contributed by atoms with Crippen molar-refractivity contribution in [3.63, 3.8) is 0 Å². The van der Waals surface area contributed by atoms with Crippen LogP contribution in [0.4, 0.5) is 5.69 Å². The normalized spacial score (nSPS) is 11.1. The monoisotopic (exact) mass is 449 g/mol. The predicted octanol–water partition coefficient (Wildman–Crippen LogP) is 4.50. The summed E-state index contributed by atoms with van der Waals surface area (Å²) in [4.78, 5) is 38.9. The second kappa shape index (κ2) is 8.35. The third kappa shape index (κ3) is 3.67. The molecule has 32 heavy (non-hydrogen) atoms. The molecule has 0 aliphatic rings. The van der Waals surface area contributed by atoms with Gasteiger partial charge in [0, 0.05) is 51.8 Å². The van der Waals surface area contributed by atoms with E-state index >= 15 is 0 Å². The van der Waals surface area contributed by atoms with Crippen LogP contribution in [0.5, 0.6) is 0 Å². The molecule has 4 aromatic rings. The number of non-ortho nitro benzene ring substituents is 1. The summed E-state index contributed by atoms with van der Waals surface area (Å²) in [6.45, 7) is 2.02. The van der Waals surface area contributed by atoms with E-state index in [1.165, 1.54) is 24.4 Å². The number of H-pyrrole nitrogens is 1. The average molecular weight is 449 g/mol. The molecule has 2 heterocycles. The van der Waals surface area contributed by atoms with Gasteiger partial charge in [0.05, 0.1) is 4.92 Å². The Labute approximate surface area is 187 Å². The largest absolute Gasteiger partial charge is 0.477 e. The summed E-state index contributed by atoms with van der Waals surface area (Å²) < 4.78 is 1.57. The van der Waals surface area contributed by atoms with Crippen LogP contribution in [0.1, 0.15) is 28.5 Å². The van der Waals surface area contributed by atoms with Crippen LogP contribution in [0.15, 0.2) is 64.4 Å². The lowest BCUT2D eigenvalue weighted by atomic mass is 10.0. The minimum Gasteiger partial charge on any atom is -0.477 e. The van der Waals surface area contributed by atoms with E-state index in [1.807, 2.05) is 25.1 Å². The first kappa shape index (κ1) is 21.4. The molecule has 2 N–H and O–H groups in total. The molecule has 0 spiro atoms. The van der Waals surface area contributed by atoms with Crippen LogP contribution in [0.3, 0.4) is 0 Å². The molecule has 0 atom stereocenters. The van der Waals surface area contributed by atoms with Crippen molar-refractivity contribution in [1.29, 1.82) is 0 Å². The van der Waals surface area contributed by atoms with E-state index in [0.717, 1.165) is 12.0 Å². The number of aromatic amines is 1. The van der Waals surface area contributed by atoms with Crippen LogP contribution in [0.25, 0.3) is 22.0 Å². The molecule has 8 nitrogen and oxygen atoms in total. The van der Waals surface area contributed by atoms with Crippen molar-refractivity contribution in [2.24, 2.45) is 0 Å². The molecule has 4 rings (SSSR count). The summed E-state index contributed by atoms with van der Waals surface area (Å²) in [6, 6.07) is 13.1. The summed E-state index contributed by atoms with van der Waals surface area (Å²) in [6.07, 6.45) is 2.22. The van der Waals surface area contributed by atoms with E-state index in [2.05, 4.69) is 17.6 Å². The molecule has 0 amide bonds. The third-order valence-corrected chi connectivity index (χ3v) is 5.86. The SMILES string of the molecule is CCc1ccc2c(c1)c(-c1ccc[nH]c1=O)c(C(=O)O)n2Cc1cc([N+](=O)[O-])ccc1S. The highest BCUT2D eigenvalue weighted by atomic mass is 32.1.